The molecule has 0 saturated heterocycles. The number of nitrogens with zero attached hydrogens (tertiary/aromatic N) is 4. The maximum atomic E-state index is 11.1. The second kappa shape index (κ2) is 9.71. The summed E-state index contributed by atoms with van der Waals surface area (Å²) in [5.41, 5.74) is 0. The number of aliphatic imine (C=N–C) groups is 1. The summed E-state index contributed by atoms with van der Waals surface area (Å²) in [6, 6.07) is 0.440. The van der Waals surface area contributed by atoms with Crippen LogP contribution >= 0.6 is 0 Å². The molecule has 1 heterocycles. The van der Waals surface area contributed by atoms with Gasteiger partial charge in [0.2, 0.25) is 10.0 Å². The van der Waals surface area contributed by atoms with Gasteiger partial charge in [0.05, 0.1) is 12.8 Å². The van der Waals surface area contributed by atoms with Crippen molar-refractivity contribution in [3.8, 4) is 0 Å². The highest BCUT2D eigenvalue weighted by atomic mass is 32.2. The molecule has 1 aliphatic carbocycles. The van der Waals surface area contributed by atoms with Crippen molar-refractivity contribution in [2.24, 2.45) is 4.99 Å². The molecule has 1 aromatic rings. The predicted octanol–water partition coefficient (Wildman–Crippen LogP) is -0.132. The summed E-state index contributed by atoms with van der Waals surface area (Å²) in [7, 11) is -3.18. The molecule has 0 aliphatic heterocycles. The fraction of sp³-hybridized carbons (Fsp3) is 0.800. The molecule has 10 heteroatoms. The molecule has 3 N–H and O–H groups in total. The monoisotopic (exact) mass is 371 g/mol. The molecule has 0 aromatic carbocycles. The van der Waals surface area contributed by atoms with Crippen LogP contribution in [0.3, 0.4) is 0 Å². The van der Waals surface area contributed by atoms with E-state index in [2.05, 4.69) is 37.5 Å². The van der Waals surface area contributed by atoms with Crippen LogP contribution in [-0.2, 0) is 23.0 Å². The van der Waals surface area contributed by atoms with Crippen LogP contribution in [0.25, 0.3) is 0 Å². The third-order valence-electron chi connectivity index (χ3n) is 4.10. The predicted molar refractivity (Wildman–Crippen MR) is 97.9 cm³/mol. The highest BCUT2D eigenvalue weighted by Gasteiger charge is 2.16. The van der Waals surface area contributed by atoms with Gasteiger partial charge < -0.3 is 15.2 Å². The zero-order valence-electron chi connectivity index (χ0n) is 15.0. The molecule has 0 amide bonds. The average molecular weight is 372 g/mol. The topological polar surface area (TPSA) is 113 Å². The number of rotatable bonds is 9. The normalized spacial score (nSPS) is 16.3. The van der Waals surface area contributed by atoms with Gasteiger partial charge >= 0.3 is 0 Å². The Morgan fingerprint density at radius 2 is 2.12 bits per heavy atom. The maximum absolute atomic E-state index is 11.1. The van der Waals surface area contributed by atoms with Gasteiger partial charge in [-0.25, -0.2) is 13.1 Å². The summed E-state index contributed by atoms with van der Waals surface area (Å²) in [6.07, 6.45) is 8.50. The molecule has 0 unspecified atom stereocenters. The maximum Gasteiger partial charge on any atom is 0.208 e. The third kappa shape index (κ3) is 7.39. The van der Waals surface area contributed by atoms with E-state index in [1.165, 1.54) is 12.8 Å². The van der Waals surface area contributed by atoms with Gasteiger partial charge in [0.1, 0.15) is 12.2 Å². The Bertz CT molecular complexity index is 651. The van der Waals surface area contributed by atoms with Gasteiger partial charge in [0.25, 0.3) is 0 Å². The van der Waals surface area contributed by atoms with Gasteiger partial charge in [0, 0.05) is 32.1 Å². The molecule has 0 spiro atoms. The summed E-state index contributed by atoms with van der Waals surface area (Å²) >= 11 is 0. The summed E-state index contributed by atoms with van der Waals surface area (Å²) < 4.78 is 26.7. The van der Waals surface area contributed by atoms with Crippen LogP contribution in [-0.4, -0.2) is 61.1 Å². The lowest BCUT2D eigenvalue weighted by atomic mass is 10.2. The van der Waals surface area contributed by atoms with E-state index < -0.39 is 10.0 Å². The van der Waals surface area contributed by atoms with Gasteiger partial charge in [-0.1, -0.05) is 19.8 Å². The summed E-state index contributed by atoms with van der Waals surface area (Å²) in [6.45, 7) is 4.19. The number of aromatic nitrogens is 3. The van der Waals surface area contributed by atoms with Crippen LogP contribution in [0.2, 0.25) is 0 Å². The number of hydrogen-bond donors (Lipinski definition) is 3. The van der Waals surface area contributed by atoms with Crippen LogP contribution in [0.4, 0.5) is 0 Å². The minimum atomic E-state index is -3.18. The minimum absolute atomic E-state index is 0.293. The Hall–Kier alpha value is -1.68. The van der Waals surface area contributed by atoms with Crippen LogP contribution < -0.4 is 15.4 Å². The third-order valence-corrected chi connectivity index (χ3v) is 4.83. The van der Waals surface area contributed by atoms with E-state index in [4.69, 9.17) is 0 Å². The fourth-order valence-electron chi connectivity index (χ4n) is 2.85. The first-order valence-corrected chi connectivity index (χ1v) is 10.7. The second-order valence-electron chi connectivity index (χ2n) is 6.24. The first-order valence-electron chi connectivity index (χ1n) is 8.84. The van der Waals surface area contributed by atoms with Crippen molar-refractivity contribution in [1.29, 1.82) is 0 Å². The van der Waals surface area contributed by atoms with Crippen molar-refractivity contribution < 1.29 is 8.42 Å². The molecule has 1 saturated carbocycles. The Morgan fingerprint density at radius 1 is 1.36 bits per heavy atom. The van der Waals surface area contributed by atoms with E-state index in [0.29, 0.717) is 25.7 Å². The van der Waals surface area contributed by atoms with E-state index in [9.17, 15) is 8.42 Å². The lowest BCUT2D eigenvalue weighted by Crippen LogP contribution is -2.44. The van der Waals surface area contributed by atoms with Crippen molar-refractivity contribution >= 4 is 16.0 Å². The average Bonchev–Trinajstić information content (AvgIpc) is 3.21. The highest BCUT2D eigenvalue weighted by molar-refractivity contribution is 7.88. The van der Waals surface area contributed by atoms with Crippen molar-refractivity contribution in [2.45, 2.75) is 51.6 Å². The summed E-state index contributed by atoms with van der Waals surface area (Å²) in [5, 5.41) is 14.8. The van der Waals surface area contributed by atoms with Gasteiger partial charge in [-0.05, 0) is 12.8 Å². The van der Waals surface area contributed by atoms with Crippen molar-refractivity contribution in [2.75, 3.05) is 25.9 Å². The molecule has 0 bridgehead atoms. The van der Waals surface area contributed by atoms with Crippen molar-refractivity contribution in [1.82, 2.24) is 30.1 Å². The van der Waals surface area contributed by atoms with Gasteiger partial charge in [-0.3, -0.25) is 4.99 Å². The highest BCUT2D eigenvalue weighted by Crippen LogP contribution is 2.17. The largest absolute Gasteiger partial charge is 0.355 e. The summed E-state index contributed by atoms with van der Waals surface area (Å²) in [5.74, 6) is 1.69. The molecule has 1 aliphatic rings. The van der Waals surface area contributed by atoms with Crippen LogP contribution in [0.15, 0.2) is 11.3 Å². The molecule has 25 heavy (non-hydrogen) atoms. The first kappa shape index (κ1) is 19.6. The molecule has 1 aromatic heterocycles. The van der Waals surface area contributed by atoms with Crippen LogP contribution in [0.1, 0.15) is 38.4 Å². The molecule has 1 fully saturated rings. The molecule has 0 atom stereocenters. The molecule has 2 rings (SSSR count). The van der Waals surface area contributed by atoms with Crippen molar-refractivity contribution in [3.63, 3.8) is 0 Å². The van der Waals surface area contributed by atoms with Gasteiger partial charge in [0.15, 0.2) is 5.96 Å². The minimum Gasteiger partial charge on any atom is -0.355 e. The standard InChI is InChI=1S/C15H29N7O2S/c1-3-14-21-18-12-22(14)11-10-17-15(20-13-6-4-5-7-13)16-8-9-19-25(2,23)24/h12-13,19H,3-11H2,1-2H3,(H2,16,17,20). The Morgan fingerprint density at radius 3 is 2.80 bits per heavy atom. The lowest BCUT2D eigenvalue weighted by Gasteiger charge is -2.18. The van der Waals surface area contributed by atoms with E-state index in [-0.39, 0.29) is 0 Å². The van der Waals surface area contributed by atoms with E-state index in [1.54, 1.807) is 6.33 Å². The number of aryl methyl sites for hydroxylation is 1. The second-order valence-corrected chi connectivity index (χ2v) is 8.08. The summed E-state index contributed by atoms with van der Waals surface area (Å²) in [4.78, 5) is 4.48. The smallest absolute Gasteiger partial charge is 0.208 e. The van der Waals surface area contributed by atoms with Crippen LogP contribution in [0, 0.1) is 0 Å². The van der Waals surface area contributed by atoms with Crippen LogP contribution in [0.5, 0.6) is 0 Å². The Labute approximate surface area is 149 Å². The van der Waals surface area contributed by atoms with E-state index in [1.807, 2.05) is 4.57 Å². The van der Waals surface area contributed by atoms with Gasteiger partial charge in [-0.2, -0.15) is 0 Å². The fourth-order valence-corrected chi connectivity index (χ4v) is 3.31. The quantitative estimate of drug-likeness (QED) is 0.317. The number of hydrogen-bond acceptors (Lipinski definition) is 5. The molecular formula is C15H29N7O2S. The Kier molecular flexibility index (Phi) is 7.63. The first-order chi connectivity index (χ1) is 12.0. The molecular weight excluding hydrogens is 342 g/mol. The molecule has 142 valence electrons. The molecule has 9 nitrogen and oxygen atoms in total. The van der Waals surface area contributed by atoms with E-state index in [0.717, 1.165) is 43.8 Å². The zero-order valence-corrected chi connectivity index (χ0v) is 15.8. The van der Waals surface area contributed by atoms with Crippen molar-refractivity contribution in [3.05, 3.63) is 12.2 Å². The Balaban J connectivity index is 1.84. The number of sulfonamides is 1. The SMILES string of the molecule is CCc1nncn1CCNC(=NCCNS(C)(=O)=O)NC1CCCC1. The number of nitrogens with one attached hydrogen (secondary N) is 3. The van der Waals surface area contributed by atoms with E-state index >= 15 is 0 Å². The lowest BCUT2D eigenvalue weighted by molar-refractivity contribution is 0.585. The number of guanidine groups is 1. The molecule has 0 radical (unpaired) electrons. The zero-order chi connectivity index (χ0) is 18.1. The van der Waals surface area contributed by atoms with Gasteiger partial charge in [-0.15, -0.1) is 10.2 Å².